The summed E-state index contributed by atoms with van der Waals surface area (Å²) in [7, 11) is 1.27. The Morgan fingerprint density at radius 1 is 1.45 bits per heavy atom. The molecule has 29 heavy (non-hydrogen) atoms. The van der Waals surface area contributed by atoms with Crippen LogP contribution in [0.1, 0.15) is 31.2 Å². The number of carboxylic acids is 1. The van der Waals surface area contributed by atoms with Gasteiger partial charge in [0.25, 0.3) is 0 Å². The van der Waals surface area contributed by atoms with Gasteiger partial charge in [-0.3, -0.25) is 0 Å². The van der Waals surface area contributed by atoms with Crippen molar-refractivity contribution >= 4 is 17.6 Å². The monoisotopic (exact) mass is 433 g/mol. The van der Waals surface area contributed by atoms with Gasteiger partial charge in [0.15, 0.2) is 0 Å². The van der Waals surface area contributed by atoms with Crippen molar-refractivity contribution in [2.75, 3.05) is 13.7 Å². The standard InChI is InChI=1S/C19H19ClF4N2O3/c1-10-13(8-25)16(12-4-3-11(21)7-14(12)20)18(17(27)28,5-6-19(22,23)24)15(26-10)9-29-2/h3-4,7,15-16,26H,5-6,9H2,1-2H3,(H,27,28)/p-1. The van der Waals surface area contributed by atoms with E-state index in [0.717, 1.165) is 12.1 Å². The van der Waals surface area contributed by atoms with Crippen LogP contribution >= 0.6 is 11.6 Å². The van der Waals surface area contributed by atoms with Gasteiger partial charge < -0.3 is 20.0 Å². The highest BCUT2D eigenvalue weighted by Gasteiger charge is 2.54. The topological polar surface area (TPSA) is 85.2 Å². The second kappa shape index (κ2) is 8.59. The first-order valence-electron chi connectivity index (χ1n) is 8.57. The number of rotatable bonds is 6. The predicted octanol–water partition coefficient (Wildman–Crippen LogP) is 3.06. The van der Waals surface area contributed by atoms with Crippen molar-refractivity contribution in [3.8, 4) is 6.07 Å². The van der Waals surface area contributed by atoms with Crippen LogP contribution in [0.5, 0.6) is 0 Å². The van der Waals surface area contributed by atoms with Crippen molar-refractivity contribution in [1.29, 1.82) is 5.26 Å². The number of carbonyl (C=O) groups excluding carboxylic acids is 1. The lowest BCUT2D eigenvalue weighted by molar-refractivity contribution is -0.323. The first-order chi connectivity index (χ1) is 13.5. The Labute approximate surface area is 169 Å². The number of alkyl halides is 3. The number of aliphatic carboxylic acids is 1. The smallest absolute Gasteiger partial charge is 0.389 e. The zero-order valence-corrected chi connectivity index (χ0v) is 16.3. The fourth-order valence-electron chi connectivity index (χ4n) is 3.85. The van der Waals surface area contributed by atoms with E-state index in [9.17, 15) is 32.7 Å². The molecule has 0 saturated heterocycles. The predicted molar refractivity (Wildman–Crippen MR) is 94.0 cm³/mol. The third kappa shape index (κ3) is 4.49. The summed E-state index contributed by atoms with van der Waals surface area (Å²) in [6.45, 7) is 1.23. The van der Waals surface area contributed by atoms with Crippen molar-refractivity contribution in [3.63, 3.8) is 0 Å². The van der Waals surface area contributed by atoms with Crippen LogP contribution < -0.4 is 10.4 Å². The SMILES string of the molecule is COCC1NC(C)=C(C#N)C(c2ccc(F)cc2Cl)C1(CCC(F)(F)F)C(=O)[O-]. The Kier molecular flexibility index (Phi) is 6.81. The van der Waals surface area contributed by atoms with Gasteiger partial charge >= 0.3 is 6.18 Å². The van der Waals surface area contributed by atoms with Crippen LogP contribution in [0.3, 0.4) is 0 Å². The van der Waals surface area contributed by atoms with Gasteiger partial charge in [-0.15, -0.1) is 0 Å². The van der Waals surface area contributed by atoms with E-state index in [-0.39, 0.29) is 28.5 Å². The first kappa shape index (κ1) is 23.0. The van der Waals surface area contributed by atoms with Gasteiger partial charge in [-0.2, -0.15) is 18.4 Å². The van der Waals surface area contributed by atoms with Crippen molar-refractivity contribution in [1.82, 2.24) is 5.32 Å². The summed E-state index contributed by atoms with van der Waals surface area (Å²) in [6, 6.07) is 3.81. The number of hydrogen-bond donors (Lipinski definition) is 1. The number of allylic oxidation sites excluding steroid dienone is 2. The van der Waals surface area contributed by atoms with Gasteiger partial charge in [0, 0.05) is 35.6 Å². The number of benzene rings is 1. The molecule has 1 heterocycles. The largest absolute Gasteiger partial charge is 0.549 e. The number of halogens is 5. The number of carbonyl (C=O) groups is 1. The minimum Gasteiger partial charge on any atom is -0.549 e. The molecule has 1 aromatic rings. The summed E-state index contributed by atoms with van der Waals surface area (Å²) in [5.74, 6) is -3.90. The minimum absolute atomic E-state index is 0.0259. The highest BCUT2D eigenvalue weighted by molar-refractivity contribution is 6.31. The van der Waals surface area contributed by atoms with E-state index >= 15 is 0 Å². The highest BCUT2D eigenvalue weighted by Crippen LogP contribution is 2.52. The molecular weight excluding hydrogens is 416 g/mol. The van der Waals surface area contributed by atoms with Crippen molar-refractivity contribution in [2.45, 2.75) is 37.9 Å². The number of nitrogens with zero attached hydrogens (tertiary/aromatic N) is 1. The molecule has 0 aliphatic carbocycles. The number of hydrogen-bond acceptors (Lipinski definition) is 5. The van der Waals surface area contributed by atoms with Crippen LogP contribution in [0.2, 0.25) is 5.02 Å². The number of nitriles is 1. The Morgan fingerprint density at radius 3 is 2.59 bits per heavy atom. The molecule has 0 fully saturated rings. The molecule has 158 valence electrons. The van der Waals surface area contributed by atoms with E-state index in [0.29, 0.717) is 0 Å². The average Bonchev–Trinajstić information content (AvgIpc) is 2.60. The van der Waals surface area contributed by atoms with E-state index in [1.807, 2.05) is 6.07 Å². The molecule has 0 spiro atoms. The summed E-state index contributed by atoms with van der Waals surface area (Å²) in [5, 5.41) is 24.6. The van der Waals surface area contributed by atoms with Gasteiger partial charge in [0.05, 0.1) is 30.3 Å². The normalized spacial score (nSPS) is 24.8. The lowest BCUT2D eigenvalue weighted by atomic mass is 9.60. The molecule has 0 aromatic heterocycles. The molecule has 1 aliphatic heterocycles. The second-order valence-electron chi connectivity index (χ2n) is 6.84. The van der Waals surface area contributed by atoms with Crippen LogP contribution in [0.15, 0.2) is 29.5 Å². The van der Waals surface area contributed by atoms with E-state index in [1.54, 1.807) is 0 Å². The maximum Gasteiger partial charge on any atom is 0.389 e. The second-order valence-corrected chi connectivity index (χ2v) is 7.25. The molecule has 1 aromatic carbocycles. The highest BCUT2D eigenvalue weighted by atomic mass is 35.5. The number of nitrogens with one attached hydrogen (secondary N) is 1. The Bertz CT molecular complexity index is 866. The van der Waals surface area contributed by atoms with E-state index in [4.69, 9.17) is 16.3 Å². The van der Waals surface area contributed by atoms with Gasteiger partial charge in [0.2, 0.25) is 0 Å². The van der Waals surface area contributed by atoms with Crippen molar-refractivity contribution in [2.24, 2.45) is 5.41 Å². The molecule has 5 nitrogen and oxygen atoms in total. The minimum atomic E-state index is -4.65. The van der Waals surface area contributed by atoms with Crippen LogP contribution in [0.25, 0.3) is 0 Å². The molecule has 3 unspecified atom stereocenters. The van der Waals surface area contributed by atoms with Crippen LogP contribution in [-0.4, -0.2) is 31.9 Å². The average molecular weight is 434 g/mol. The fourth-order valence-corrected chi connectivity index (χ4v) is 4.12. The number of ether oxygens (including phenoxy) is 1. The summed E-state index contributed by atoms with van der Waals surface area (Å²) in [5.41, 5.74) is -2.04. The fraction of sp³-hybridized carbons (Fsp3) is 0.474. The van der Waals surface area contributed by atoms with Crippen molar-refractivity contribution in [3.05, 3.63) is 45.9 Å². The van der Waals surface area contributed by atoms with Gasteiger partial charge in [-0.25, -0.2) is 4.39 Å². The third-order valence-electron chi connectivity index (χ3n) is 5.15. The lowest BCUT2D eigenvalue weighted by Gasteiger charge is -2.51. The van der Waals surface area contributed by atoms with E-state index in [2.05, 4.69) is 5.32 Å². The number of methoxy groups -OCH3 is 1. The Morgan fingerprint density at radius 2 is 2.10 bits per heavy atom. The molecule has 10 heteroatoms. The van der Waals surface area contributed by atoms with Gasteiger partial charge in [0.1, 0.15) is 5.82 Å². The Balaban J connectivity index is 2.81. The maximum atomic E-state index is 13.6. The van der Waals surface area contributed by atoms with Crippen LogP contribution in [-0.2, 0) is 9.53 Å². The molecule has 0 bridgehead atoms. The lowest BCUT2D eigenvalue weighted by Crippen LogP contribution is -2.62. The molecule has 1 N–H and O–H groups in total. The zero-order chi connectivity index (χ0) is 22.0. The maximum absolute atomic E-state index is 13.6. The molecule has 0 radical (unpaired) electrons. The first-order valence-corrected chi connectivity index (χ1v) is 8.95. The van der Waals surface area contributed by atoms with Gasteiger partial charge in [-0.1, -0.05) is 17.7 Å². The quantitative estimate of drug-likeness (QED) is 0.697. The summed E-state index contributed by atoms with van der Waals surface area (Å²) >= 11 is 6.12. The molecule has 3 atom stereocenters. The number of carboxylic acid groups (broad SMARTS) is 1. The summed E-state index contributed by atoms with van der Waals surface area (Å²) < 4.78 is 57.8. The third-order valence-corrected chi connectivity index (χ3v) is 5.48. The van der Waals surface area contributed by atoms with Gasteiger partial charge in [-0.05, 0) is 31.0 Å². The summed E-state index contributed by atoms with van der Waals surface area (Å²) in [4.78, 5) is 12.4. The summed E-state index contributed by atoms with van der Waals surface area (Å²) in [6.07, 6.45) is -6.98. The molecule has 2 rings (SSSR count). The molecular formula is C19H18ClF4N2O3-. The molecule has 1 aliphatic rings. The van der Waals surface area contributed by atoms with E-state index < -0.39 is 48.2 Å². The zero-order valence-electron chi connectivity index (χ0n) is 15.6. The van der Waals surface area contributed by atoms with Crippen LogP contribution in [0.4, 0.5) is 17.6 Å². The van der Waals surface area contributed by atoms with Crippen molar-refractivity contribution < 1.29 is 32.2 Å². The van der Waals surface area contributed by atoms with E-state index in [1.165, 1.54) is 20.1 Å². The Hall–Kier alpha value is -2.31. The molecule has 0 amide bonds. The molecule has 0 saturated carbocycles. The van der Waals surface area contributed by atoms with Crippen LogP contribution in [0, 0.1) is 22.6 Å².